The van der Waals surface area contributed by atoms with E-state index < -0.39 is 0 Å². The largest absolute Gasteiger partial charge is 0.140 e. The summed E-state index contributed by atoms with van der Waals surface area (Å²) in [5, 5.41) is 8.08. The lowest BCUT2D eigenvalue weighted by Crippen LogP contribution is -2.03. The Morgan fingerprint density at radius 1 is 0.667 bits per heavy atom. The van der Waals surface area contributed by atoms with Gasteiger partial charge in [-0.3, -0.25) is 0 Å². The highest BCUT2D eigenvalue weighted by Gasteiger charge is 2.10. The lowest BCUT2D eigenvalue weighted by atomic mass is 9.85. The van der Waals surface area contributed by atoms with Gasteiger partial charge in [-0.2, -0.15) is 0 Å². The summed E-state index contributed by atoms with van der Waals surface area (Å²) in [5.41, 5.74) is 1.34. The molecular weight excluding hydrogens is 283 g/mol. The van der Waals surface area contributed by atoms with E-state index in [9.17, 15) is 0 Å². The first-order chi connectivity index (χ1) is 8.75. The Kier molecular flexibility index (Phi) is 2.01. The molecule has 0 amide bonds. The van der Waals surface area contributed by atoms with E-state index >= 15 is 0 Å². The zero-order valence-electron chi connectivity index (χ0n) is 10.00. The minimum Gasteiger partial charge on any atom is -0.0812 e. The molecule has 4 aromatic rings. The molecule has 0 spiro atoms. The molecule has 0 atom stereocenters. The summed E-state index contributed by atoms with van der Waals surface area (Å²) >= 11 is 3.66. The molecule has 18 heavy (non-hydrogen) atoms. The van der Waals surface area contributed by atoms with Crippen LogP contribution in [0.4, 0.5) is 0 Å². The van der Waals surface area contributed by atoms with Crippen LogP contribution in [0.2, 0.25) is 0 Å². The van der Waals surface area contributed by atoms with E-state index in [0.717, 1.165) is 0 Å². The molecule has 2 heteroatoms. The van der Waals surface area contributed by atoms with Gasteiger partial charge in [0.15, 0.2) is 0 Å². The normalized spacial score (nSPS) is 11.8. The summed E-state index contributed by atoms with van der Waals surface area (Å²) in [6, 6.07) is 17.6. The van der Waals surface area contributed by atoms with Gasteiger partial charge in [-0.1, -0.05) is 63.9 Å². The van der Waals surface area contributed by atoms with Gasteiger partial charge in [0.1, 0.15) is 7.85 Å². The smallest absolute Gasteiger partial charge is 0.0812 e. The molecule has 0 bridgehead atoms. The van der Waals surface area contributed by atoms with Crippen molar-refractivity contribution in [2.24, 2.45) is 0 Å². The Morgan fingerprint density at radius 3 is 2.00 bits per heavy atom. The quantitative estimate of drug-likeness (QED) is 0.343. The molecule has 4 rings (SSSR count). The zero-order chi connectivity index (χ0) is 12.3. The number of hydrogen-bond acceptors (Lipinski definition) is 0. The summed E-state index contributed by atoms with van der Waals surface area (Å²) in [4.78, 5) is 0. The number of hydrogen-bond donors (Lipinski definition) is 0. The minimum absolute atomic E-state index is 1.17. The van der Waals surface area contributed by atoms with Gasteiger partial charge in [0.25, 0.3) is 0 Å². The molecule has 0 radical (unpaired) electrons. The first-order valence-corrected chi connectivity index (χ1v) is 6.87. The van der Waals surface area contributed by atoms with Crippen molar-refractivity contribution in [1.82, 2.24) is 0 Å². The van der Waals surface area contributed by atoms with Gasteiger partial charge in [0.2, 0.25) is 0 Å². The third-order valence-corrected chi connectivity index (χ3v) is 4.52. The predicted molar refractivity (Wildman–Crippen MR) is 86.0 cm³/mol. The average Bonchev–Trinajstić information content (AvgIpc) is 2.40. The molecular formula is C16H10BBr. The van der Waals surface area contributed by atoms with Crippen LogP contribution in [0.15, 0.2) is 53.0 Å². The topological polar surface area (TPSA) is 0 Å². The number of rotatable bonds is 0. The lowest BCUT2D eigenvalue weighted by molar-refractivity contribution is 1.76. The second-order valence-electron chi connectivity index (χ2n) is 4.85. The van der Waals surface area contributed by atoms with Crippen molar-refractivity contribution in [1.29, 1.82) is 0 Å². The van der Waals surface area contributed by atoms with Gasteiger partial charge in [-0.25, -0.2) is 0 Å². The van der Waals surface area contributed by atoms with Crippen LogP contribution in [0.25, 0.3) is 32.3 Å². The number of benzene rings is 4. The van der Waals surface area contributed by atoms with Crippen molar-refractivity contribution in [3.05, 3.63) is 53.0 Å². The summed E-state index contributed by atoms with van der Waals surface area (Å²) in [7, 11) is 2.18. The molecule has 4 aromatic carbocycles. The van der Waals surface area contributed by atoms with E-state index in [1.165, 1.54) is 42.3 Å². The Morgan fingerprint density at radius 2 is 1.22 bits per heavy atom. The summed E-state index contributed by atoms with van der Waals surface area (Å²) in [6.45, 7) is 0. The van der Waals surface area contributed by atoms with Gasteiger partial charge < -0.3 is 0 Å². The number of halogens is 1. The summed E-state index contributed by atoms with van der Waals surface area (Å²) in [5.74, 6) is 0. The Hall–Kier alpha value is -1.54. The average molecular weight is 293 g/mol. The van der Waals surface area contributed by atoms with Crippen LogP contribution in [0, 0.1) is 0 Å². The van der Waals surface area contributed by atoms with Crippen LogP contribution in [0.3, 0.4) is 0 Å². The van der Waals surface area contributed by atoms with Crippen LogP contribution in [0.5, 0.6) is 0 Å². The molecule has 0 unspecified atom stereocenters. The summed E-state index contributed by atoms with van der Waals surface area (Å²) < 4.78 is 1.17. The first-order valence-electron chi connectivity index (χ1n) is 6.08. The van der Waals surface area contributed by atoms with Gasteiger partial charge in [0, 0.05) is 4.47 Å². The fourth-order valence-electron chi connectivity index (χ4n) is 2.91. The van der Waals surface area contributed by atoms with Crippen molar-refractivity contribution >= 4 is 61.6 Å². The maximum Gasteiger partial charge on any atom is 0.140 e. The van der Waals surface area contributed by atoms with Crippen molar-refractivity contribution in [2.45, 2.75) is 0 Å². The highest BCUT2D eigenvalue weighted by atomic mass is 79.9. The highest BCUT2D eigenvalue weighted by Crippen LogP contribution is 2.36. The highest BCUT2D eigenvalue weighted by molar-refractivity contribution is 9.10. The minimum atomic E-state index is 1.17. The van der Waals surface area contributed by atoms with Gasteiger partial charge in [-0.05, 0) is 38.4 Å². The fraction of sp³-hybridized carbons (Fsp3) is 0. The van der Waals surface area contributed by atoms with E-state index in [1.807, 2.05) is 0 Å². The maximum atomic E-state index is 3.66. The molecule has 0 saturated heterocycles. The monoisotopic (exact) mass is 292 g/mol. The second-order valence-corrected chi connectivity index (χ2v) is 5.71. The molecule has 0 heterocycles. The third-order valence-electron chi connectivity index (χ3n) is 3.83. The Labute approximate surface area is 114 Å². The van der Waals surface area contributed by atoms with E-state index in [4.69, 9.17) is 0 Å². The molecule has 84 valence electrons. The standard InChI is InChI=1S/C16H10BBr/c17-13-7-3-9-2-6-12-14(18)8-4-10-1-5-11(13)15(9)16(10)12/h1-8H,17H2. The van der Waals surface area contributed by atoms with Crippen molar-refractivity contribution in [3.63, 3.8) is 0 Å². The molecule has 0 fully saturated rings. The molecule has 0 aliphatic heterocycles. The lowest BCUT2D eigenvalue weighted by Gasteiger charge is -2.13. The molecule has 0 aromatic heterocycles. The van der Waals surface area contributed by atoms with E-state index in [1.54, 1.807) is 0 Å². The Balaban J connectivity index is 2.47. The van der Waals surface area contributed by atoms with Crippen molar-refractivity contribution < 1.29 is 0 Å². The first kappa shape index (κ1) is 10.4. The van der Waals surface area contributed by atoms with Crippen LogP contribution >= 0.6 is 15.9 Å². The van der Waals surface area contributed by atoms with Gasteiger partial charge in [0.05, 0.1) is 0 Å². The second kappa shape index (κ2) is 3.49. The van der Waals surface area contributed by atoms with Crippen LogP contribution in [0.1, 0.15) is 0 Å². The van der Waals surface area contributed by atoms with Crippen molar-refractivity contribution in [3.8, 4) is 0 Å². The predicted octanol–water partition coefficient (Wildman–Crippen LogP) is 3.60. The summed E-state index contributed by atoms with van der Waals surface area (Å²) in [6.07, 6.45) is 0. The Bertz CT molecular complexity index is 820. The van der Waals surface area contributed by atoms with Crippen molar-refractivity contribution in [2.75, 3.05) is 0 Å². The molecule has 0 saturated carbocycles. The fourth-order valence-corrected chi connectivity index (χ4v) is 3.37. The van der Waals surface area contributed by atoms with Crippen LogP contribution < -0.4 is 5.46 Å². The molecule has 0 nitrogen and oxygen atoms in total. The van der Waals surface area contributed by atoms with E-state index in [-0.39, 0.29) is 0 Å². The van der Waals surface area contributed by atoms with Gasteiger partial charge in [-0.15, -0.1) is 0 Å². The van der Waals surface area contributed by atoms with E-state index in [0.29, 0.717) is 0 Å². The van der Waals surface area contributed by atoms with Gasteiger partial charge >= 0.3 is 0 Å². The molecule has 0 N–H and O–H groups in total. The molecule has 0 aliphatic rings. The molecule has 0 aliphatic carbocycles. The van der Waals surface area contributed by atoms with Crippen LogP contribution in [-0.2, 0) is 0 Å². The SMILES string of the molecule is Bc1ccc2ccc3c(Br)ccc4ccc1c2c43. The van der Waals surface area contributed by atoms with Crippen LogP contribution in [-0.4, -0.2) is 7.85 Å². The third kappa shape index (κ3) is 1.21. The maximum absolute atomic E-state index is 3.66. The zero-order valence-corrected chi connectivity index (χ0v) is 11.6. The van der Waals surface area contributed by atoms with E-state index in [2.05, 4.69) is 72.3 Å².